The quantitative estimate of drug-likeness (QED) is 0.599. The van der Waals surface area contributed by atoms with Crippen molar-refractivity contribution in [1.29, 1.82) is 0 Å². The molecule has 0 radical (unpaired) electrons. The summed E-state index contributed by atoms with van der Waals surface area (Å²) in [6.45, 7) is 1.33. The molecule has 0 aliphatic rings. The number of nitrogens with one attached hydrogen (secondary N) is 1. The van der Waals surface area contributed by atoms with Gasteiger partial charge in [0.15, 0.2) is 0 Å². The Kier molecular flexibility index (Phi) is 1.42. The third kappa shape index (κ3) is 1.12. The van der Waals surface area contributed by atoms with Crippen LogP contribution in [0.1, 0.15) is 11.3 Å². The first-order valence-corrected chi connectivity index (χ1v) is 2.59. The van der Waals surface area contributed by atoms with Gasteiger partial charge < -0.3 is 0 Å². The minimum atomic E-state index is -4.28. The topological polar surface area (TPSA) is 28.7 Å². The Labute approximate surface area is 55.1 Å². The molecule has 0 unspecified atom stereocenters. The Morgan fingerprint density at radius 1 is 1.50 bits per heavy atom. The zero-order chi connectivity index (χ0) is 7.78. The van der Waals surface area contributed by atoms with E-state index in [4.69, 9.17) is 0 Å². The fraction of sp³-hybridized carbons (Fsp3) is 0.400. The van der Waals surface area contributed by atoms with E-state index in [-0.39, 0.29) is 5.69 Å². The normalized spacial score (nSPS) is 12.0. The highest BCUT2D eigenvalue weighted by atomic mass is 19.4. The van der Waals surface area contributed by atoms with E-state index in [0.717, 1.165) is 6.20 Å². The van der Waals surface area contributed by atoms with Crippen LogP contribution in [0.25, 0.3) is 0 Å². The van der Waals surface area contributed by atoms with Gasteiger partial charge in [-0.25, -0.2) is 0 Å². The van der Waals surface area contributed by atoms with Crippen LogP contribution in [-0.2, 0) is 6.18 Å². The summed E-state index contributed by atoms with van der Waals surface area (Å²) in [5.74, 6) is 0. The summed E-state index contributed by atoms with van der Waals surface area (Å²) in [7, 11) is 0. The van der Waals surface area contributed by atoms with Gasteiger partial charge in [0.25, 0.3) is 0 Å². The molecule has 1 rings (SSSR count). The van der Waals surface area contributed by atoms with Gasteiger partial charge in [-0.15, -0.1) is 0 Å². The summed E-state index contributed by atoms with van der Waals surface area (Å²) in [4.78, 5) is 0. The Morgan fingerprint density at radius 2 is 2.10 bits per heavy atom. The van der Waals surface area contributed by atoms with Crippen LogP contribution in [0.2, 0.25) is 0 Å². The number of aryl methyl sites for hydroxylation is 1. The molecule has 5 heteroatoms. The van der Waals surface area contributed by atoms with Gasteiger partial charge in [0, 0.05) is 5.69 Å². The van der Waals surface area contributed by atoms with Gasteiger partial charge in [-0.05, 0) is 6.92 Å². The Morgan fingerprint density at radius 3 is 2.30 bits per heavy atom. The molecule has 0 saturated heterocycles. The van der Waals surface area contributed by atoms with E-state index in [2.05, 4.69) is 10.2 Å². The standard InChI is InChI=1S/C5H5F3N2/c1-3-4(2-9-10-3)5(6,7)8/h2H,1H3,(H,9,10). The van der Waals surface area contributed by atoms with E-state index >= 15 is 0 Å². The maximum atomic E-state index is 11.8. The smallest absolute Gasteiger partial charge is 0.282 e. The molecule has 1 aromatic rings. The third-order valence-electron chi connectivity index (χ3n) is 1.14. The third-order valence-corrected chi connectivity index (χ3v) is 1.14. The lowest BCUT2D eigenvalue weighted by atomic mass is 10.3. The molecule has 0 aliphatic carbocycles. The van der Waals surface area contributed by atoms with Crippen molar-refractivity contribution in [1.82, 2.24) is 10.2 Å². The van der Waals surface area contributed by atoms with E-state index in [1.165, 1.54) is 6.92 Å². The highest BCUT2D eigenvalue weighted by Gasteiger charge is 2.33. The van der Waals surface area contributed by atoms with E-state index in [0.29, 0.717) is 0 Å². The molecule has 0 amide bonds. The van der Waals surface area contributed by atoms with Crippen molar-refractivity contribution >= 4 is 0 Å². The molecular weight excluding hydrogens is 145 g/mol. The molecule has 1 heterocycles. The second-order valence-corrected chi connectivity index (χ2v) is 1.91. The van der Waals surface area contributed by atoms with Crippen molar-refractivity contribution < 1.29 is 13.2 Å². The van der Waals surface area contributed by atoms with Crippen molar-refractivity contribution in [3.05, 3.63) is 17.5 Å². The van der Waals surface area contributed by atoms with Crippen LogP contribution in [0.15, 0.2) is 6.20 Å². The van der Waals surface area contributed by atoms with Crippen LogP contribution < -0.4 is 0 Å². The highest BCUT2D eigenvalue weighted by Crippen LogP contribution is 2.30. The molecule has 0 bridgehead atoms. The van der Waals surface area contributed by atoms with Crippen molar-refractivity contribution in [2.75, 3.05) is 0 Å². The summed E-state index contributed by atoms with van der Waals surface area (Å²) >= 11 is 0. The molecule has 0 aliphatic heterocycles. The SMILES string of the molecule is Cc1[nH]ncc1C(F)(F)F. The van der Waals surface area contributed by atoms with Gasteiger partial charge in [0.2, 0.25) is 0 Å². The second kappa shape index (κ2) is 2.00. The van der Waals surface area contributed by atoms with Gasteiger partial charge in [0.05, 0.1) is 11.8 Å². The van der Waals surface area contributed by atoms with Crippen molar-refractivity contribution in [3.63, 3.8) is 0 Å². The molecule has 0 spiro atoms. The molecule has 0 aromatic carbocycles. The highest BCUT2D eigenvalue weighted by molar-refractivity contribution is 5.17. The number of aromatic amines is 1. The summed E-state index contributed by atoms with van der Waals surface area (Å²) in [5.41, 5.74) is -0.653. The van der Waals surface area contributed by atoms with Gasteiger partial charge in [0.1, 0.15) is 0 Å². The molecule has 10 heavy (non-hydrogen) atoms. The minimum absolute atomic E-state index is 0.0486. The van der Waals surface area contributed by atoms with E-state index in [9.17, 15) is 13.2 Å². The van der Waals surface area contributed by atoms with Crippen molar-refractivity contribution in [3.8, 4) is 0 Å². The summed E-state index contributed by atoms with van der Waals surface area (Å²) < 4.78 is 35.5. The number of hydrogen-bond donors (Lipinski definition) is 1. The Hall–Kier alpha value is -1.00. The first-order valence-electron chi connectivity index (χ1n) is 2.59. The van der Waals surface area contributed by atoms with Crippen LogP contribution in [0.5, 0.6) is 0 Å². The first kappa shape index (κ1) is 7.11. The van der Waals surface area contributed by atoms with E-state index < -0.39 is 11.7 Å². The average molecular weight is 150 g/mol. The van der Waals surface area contributed by atoms with E-state index in [1.807, 2.05) is 0 Å². The van der Waals surface area contributed by atoms with Crippen LogP contribution >= 0.6 is 0 Å². The minimum Gasteiger partial charge on any atom is -0.282 e. The summed E-state index contributed by atoms with van der Waals surface area (Å²) in [6.07, 6.45) is -3.51. The maximum absolute atomic E-state index is 11.8. The molecule has 0 saturated carbocycles. The number of hydrogen-bond acceptors (Lipinski definition) is 1. The summed E-state index contributed by atoms with van der Waals surface area (Å²) in [6, 6.07) is 0. The number of rotatable bonds is 0. The number of alkyl halides is 3. The van der Waals surface area contributed by atoms with Crippen molar-refractivity contribution in [2.45, 2.75) is 13.1 Å². The lowest BCUT2D eigenvalue weighted by Crippen LogP contribution is -2.04. The first-order chi connectivity index (χ1) is 4.52. The molecule has 2 nitrogen and oxygen atoms in total. The number of halogens is 3. The largest absolute Gasteiger partial charge is 0.419 e. The molecule has 56 valence electrons. The Bertz CT molecular complexity index is 225. The lowest BCUT2D eigenvalue weighted by Gasteiger charge is -2.02. The second-order valence-electron chi connectivity index (χ2n) is 1.91. The predicted molar refractivity (Wildman–Crippen MR) is 28.3 cm³/mol. The van der Waals surface area contributed by atoms with Gasteiger partial charge in [-0.2, -0.15) is 18.3 Å². The maximum Gasteiger partial charge on any atom is 0.419 e. The monoisotopic (exact) mass is 150 g/mol. The van der Waals surface area contributed by atoms with Crippen LogP contribution in [0, 0.1) is 6.92 Å². The van der Waals surface area contributed by atoms with E-state index in [1.54, 1.807) is 0 Å². The number of H-pyrrole nitrogens is 1. The van der Waals surface area contributed by atoms with Gasteiger partial charge in [-0.3, -0.25) is 5.10 Å². The Balaban J connectivity index is 3.05. The molecular formula is C5H5F3N2. The lowest BCUT2D eigenvalue weighted by molar-refractivity contribution is -0.138. The summed E-state index contributed by atoms with van der Waals surface area (Å²) in [5, 5.41) is 5.45. The van der Waals surface area contributed by atoms with Crippen LogP contribution in [-0.4, -0.2) is 10.2 Å². The zero-order valence-corrected chi connectivity index (χ0v) is 5.16. The van der Waals surface area contributed by atoms with Gasteiger partial charge >= 0.3 is 6.18 Å². The van der Waals surface area contributed by atoms with Crippen LogP contribution in [0.3, 0.4) is 0 Å². The number of aromatic nitrogens is 2. The molecule has 0 atom stereocenters. The van der Waals surface area contributed by atoms with Crippen LogP contribution in [0.4, 0.5) is 13.2 Å². The fourth-order valence-corrected chi connectivity index (χ4v) is 0.636. The molecule has 1 N–H and O–H groups in total. The fourth-order valence-electron chi connectivity index (χ4n) is 0.636. The number of nitrogens with zero attached hydrogens (tertiary/aromatic N) is 1. The average Bonchev–Trinajstić information content (AvgIpc) is 2.11. The molecule has 1 aromatic heterocycles. The molecule has 0 fully saturated rings. The predicted octanol–water partition coefficient (Wildman–Crippen LogP) is 1.74. The van der Waals surface area contributed by atoms with Gasteiger partial charge in [-0.1, -0.05) is 0 Å². The zero-order valence-electron chi connectivity index (χ0n) is 5.16. The van der Waals surface area contributed by atoms with Crippen molar-refractivity contribution in [2.24, 2.45) is 0 Å².